The SMILES string of the molecule is CCCCC1(Cc2ccc(S(=O)(=O)N(CCC)[C@H](C(=O)O)[C@@H](C)CC)cc2)N=C(Cl)C(CO)=N1. The summed E-state index contributed by atoms with van der Waals surface area (Å²) in [6.07, 6.45) is 3.94. The van der Waals surface area contributed by atoms with E-state index in [0.717, 1.165) is 22.7 Å². The molecule has 1 aromatic carbocycles. The Hall–Kier alpha value is -1.81. The molecule has 0 fully saturated rings. The highest BCUT2D eigenvalue weighted by atomic mass is 35.5. The monoisotopic (exact) mass is 513 g/mol. The number of aliphatic carboxylic acids is 1. The molecule has 8 nitrogen and oxygen atoms in total. The first-order valence-electron chi connectivity index (χ1n) is 11.8. The highest BCUT2D eigenvalue weighted by Gasteiger charge is 2.39. The number of aliphatic hydroxyl groups excluding tert-OH is 1. The second-order valence-corrected chi connectivity index (χ2v) is 11.1. The zero-order valence-corrected chi connectivity index (χ0v) is 21.9. The number of benzene rings is 1. The standard InChI is InChI=1S/C24H36ClN3O5S/c1-5-8-13-24(26-20(16-29)22(25)27-24)15-18-9-11-19(12-10-18)34(32,33)28(14-6-2)21(23(30)31)17(4)7-3/h9-12,17,21,29H,5-8,13-16H2,1-4H3,(H,30,31)/t17-,21-,24?/m0/s1. The van der Waals surface area contributed by atoms with Crippen molar-refractivity contribution < 1.29 is 23.4 Å². The van der Waals surface area contributed by atoms with Gasteiger partial charge in [0.1, 0.15) is 16.9 Å². The summed E-state index contributed by atoms with van der Waals surface area (Å²) in [7, 11) is -4.01. The molecule has 0 radical (unpaired) electrons. The van der Waals surface area contributed by atoms with Gasteiger partial charge in [0, 0.05) is 13.0 Å². The van der Waals surface area contributed by atoms with Crippen LogP contribution in [0.2, 0.25) is 0 Å². The molecule has 1 heterocycles. The first-order valence-corrected chi connectivity index (χ1v) is 13.7. The van der Waals surface area contributed by atoms with Gasteiger partial charge in [0.25, 0.3) is 0 Å². The van der Waals surface area contributed by atoms with Gasteiger partial charge >= 0.3 is 5.97 Å². The maximum Gasteiger partial charge on any atom is 0.322 e. The minimum Gasteiger partial charge on any atom is -0.480 e. The Morgan fingerprint density at radius 2 is 1.79 bits per heavy atom. The van der Waals surface area contributed by atoms with Gasteiger partial charge < -0.3 is 10.2 Å². The number of nitrogens with zero attached hydrogens (tertiary/aromatic N) is 3. The molecule has 2 N–H and O–H groups in total. The van der Waals surface area contributed by atoms with Crippen LogP contribution in [0.25, 0.3) is 0 Å². The second kappa shape index (κ2) is 12.2. The maximum atomic E-state index is 13.4. The Kier molecular flexibility index (Phi) is 10.2. The lowest BCUT2D eigenvalue weighted by molar-refractivity contribution is -0.143. The van der Waals surface area contributed by atoms with Gasteiger partial charge in [-0.1, -0.05) is 64.3 Å². The van der Waals surface area contributed by atoms with Gasteiger partial charge in [0.05, 0.1) is 11.5 Å². The number of hydrogen-bond acceptors (Lipinski definition) is 6. The average Bonchev–Trinajstić information content (AvgIpc) is 3.12. The summed E-state index contributed by atoms with van der Waals surface area (Å²) in [5.74, 6) is -1.48. The van der Waals surface area contributed by atoms with Crippen LogP contribution in [0.3, 0.4) is 0 Å². The number of aliphatic imine (C=N–C) groups is 2. The largest absolute Gasteiger partial charge is 0.480 e. The van der Waals surface area contributed by atoms with Crippen LogP contribution < -0.4 is 0 Å². The van der Waals surface area contributed by atoms with E-state index in [9.17, 15) is 23.4 Å². The topological polar surface area (TPSA) is 120 Å². The van der Waals surface area contributed by atoms with Crippen LogP contribution in [0.4, 0.5) is 0 Å². The minimum atomic E-state index is -4.01. The average molecular weight is 514 g/mol. The molecule has 1 aromatic rings. The molecule has 0 amide bonds. The molecular formula is C24H36ClN3O5S. The van der Waals surface area contributed by atoms with Crippen molar-refractivity contribution in [2.75, 3.05) is 13.2 Å². The van der Waals surface area contributed by atoms with Crippen molar-refractivity contribution in [3.63, 3.8) is 0 Å². The second-order valence-electron chi connectivity index (χ2n) is 8.81. The molecule has 3 atom stereocenters. The van der Waals surface area contributed by atoms with Crippen LogP contribution in [-0.4, -0.2) is 64.6 Å². The number of unbranched alkanes of at least 4 members (excludes halogenated alkanes) is 1. The molecule has 1 aliphatic rings. The third-order valence-corrected chi connectivity index (χ3v) is 8.37. The predicted molar refractivity (Wildman–Crippen MR) is 135 cm³/mol. The Balaban J connectivity index is 2.37. The first kappa shape index (κ1) is 28.4. The fraction of sp³-hybridized carbons (Fsp3) is 0.625. The Morgan fingerprint density at radius 1 is 1.15 bits per heavy atom. The summed E-state index contributed by atoms with van der Waals surface area (Å²) in [6.45, 7) is 7.33. The first-order chi connectivity index (χ1) is 16.0. The van der Waals surface area contributed by atoms with E-state index in [2.05, 4.69) is 16.9 Å². The van der Waals surface area contributed by atoms with Gasteiger partial charge in [-0.05, 0) is 42.9 Å². The number of carboxylic acid groups (broad SMARTS) is 1. The number of hydrogen-bond donors (Lipinski definition) is 2. The molecule has 0 spiro atoms. The van der Waals surface area contributed by atoms with Crippen LogP contribution >= 0.6 is 11.6 Å². The summed E-state index contributed by atoms with van der Waals surface area (Å²) < 4.78 is 28.0. The van der Waals surface area contributed by atoms with E-state index >= 15 is 0 Å². The van der Waals surface area contributed by atoms with Crippen molar-refractivity contribution in [2.45, 2.75) is 82.8 Å². The highest BCUT2D eigenvalue weighted by Crippen LogP contribution is 2.32. The Bertz CT molecular complexity index is 1010. The predicted octanol–water partition coefficient (Wildman–Crippen LogP) is 4.10. The lowest BCUT2D eigenvalue weighted by Crippen LogP contribution is -2.48. The number of sulfonamides is 1. The Labute approximate surface area is 207 Å². The number of carbonyl (C=O) groups is 1. The molecule has 1 aliphatic heterocycles. The van der Waals surface area contributed by atoms with Gasteiger partial charge in [0.15, 0.2) is 5.66 Å². The van der Waals surface area contributed by atoms with E-state index in [1.807, 2.05) is 13.8 Å². The van der Waals surface area contributed by atoms with E-state index < -0.39 is 27.7 Å². The van der Waals surface area contributed by atoms with E-state index in [1.54, 1.807) is 19.1 Å². The van der Waals surface area contributed by atoms with Crippen molar-refractivity contribution >= 4 is 38.5 Å². The zero-order valence-electron chi connectivity index (χ0n) is 20.4. The molecule has 2 rings (SSSR count). The smallest absolute Gasteiger partial charge is 0.322 e. The van der Waals surface area contributed by atoms with E-state index in [4.69, 9.17) is 11.6 Å². The van der Waals surface area contributed by atoms with Crippen LogP contribution in [0.1, 0.15) is 65.4 Å². The Morgan fingerprint density at radius 3 is 2.26 bits per heavy atom. The molecule has 0 saturated heterocycles. The van der Waals surface area contributed by atoms with Gasteiger partial charge in [-0.3, -0.25) is 9.79 Å². The van der Waals surface area contributed by atoms with Gasteiger partial charge in [-0.15, -0.1) is 0 Å². The number of aliphatic hydroxyl groups is 1. The molecule has 34 heavy (non-hydrogen) atoms. The molecule has 0 saturated carbocycles. The van der Waals surface area contributed by atoms with Crippen LogP contribution in [0.5, 0.6) is 0 Å². The van der Waals surface area contributed by atoms with E-state index in [1.165, 1.54) is 12.1 Å². The normalized spacial score (nSPS) is 20.2. The van der Waals surface area contributed by atoms with Gasteiger partial charge in [-0.2, -0.15) is 4.31 Å². The third-order valence-electron chi connectivity index (χ3n) is 6.18. The van der Waals surface area contributed by atoms with E-state index in [0.29, 0.717) is 31.4 Å². The highest BCUT2D eigenvalue weighted by molar-refractivity contribution is 7.89. The number of halogens is 1. The summed E-state index contributed by atoms with van der Waals surface area (Å²) >= 11 is 6.18. The fourth-order valence-corrected chi connectivity index (χ4v) is 6.18. The van der Waals surface area contributed by atoms with Crippen molar-refractivity contribution in [1.29, 1.82) is 0 Å². The summed E-state index contributed by atoms with van der Waals surface area (Å²) in [4.78, 5) is 21.1. The number of carboxylic acids is 1. The van der Waals surface area contributed by atoms with E-state index in [-0.39, 0.29) is 29.1 Å². The summed E-state index contributed by atoms with van der Waals surface area (Å²) in [5.41, 5.74) is 0.368. The third kappa shape index (κ3) is 6.44. The lowest BCUT2D eigenvalue weighted by Gasteiger charge is -2.31. The molecular weight excluding hydrogens is 478 g/mol. The van der Waals surface area contributed by atoms with Crippen molar-refractivity contribution in [2.24, 2.45) is 15.9 Å². The molecule has 0 aliphatic carbocycles. The quantitative estimate of drug-likeness (QED) is 0.388. The summed E-state index contributed by atoms with van der Waals surface area (Å²) in [5, 5.41) is 19.5. The van der Waals surface area contributed by atoms with Crippen molar-refractivity contribution in [3.05, 3.63) is 29.8 Å². The summed E-state index contributed by atoms with van der Waals surface area (Å²) in [6, 6.07) is 5.30. The van der Waals surface area contributed by atoms with Gasteiger partial charge in [-0.25, -0.2) is 13.4 Å². The van der Waals surface area contributed by atoms with Crippen molar-refractivity contribution in [1.82, 2.24) is 4.31 Å². The molecule has 190 valence electrons. The number of rotatable bonds is 14. The van der Waals surface area contributed by atoms with Crippen LogP contribution in [0.15, 0.2) is 39.1 Å². The zero-order chi connectivity index (χ0) is 25.5. The van der Waals surface area contributed by atoms with Crippen LogP contribution in [-0.2, 0) is 21.2 Å². The van der Waals surface area contributed by atoms with Crippen molar-refractivity contribution in [3.8, 4) is 0 Å². The molecule has 0 aromatic heterocycles. The maximum absolute atomic E-state index is 13.4. The molecule has 1 unspecified atom stereocenters. The van der Waals surface area contributed by atoms with Crippen LogP contribution in [0, 0.1) is 5.92 Å². The molecule has 10 heteroatoms. The van der Waals surface area contributed by atoms with Gasteiger partial charge in [0.2, 0.25) is 10.0 Å². The molecule has 0 bridgehead atoms. The fourth-order valence-electron chi connectivity index (χ4n) is 4.15. The minimum absolute atomic E-state index is 0.0503. The lowest BCUT2D eigenvalue weighted by atomic mass is 9.95.